The first-order valence-electron chi connectivity index (χ1n) is 11.9. The van der Waals surface area contributed by atoms with E-state index in [2.05, 4.69) is 22.3 Å². The summed E-state index contributed by atoms with van der Waals surface area (Å²) in [6.45, 7) is 2.14. The van der Waals surface area contributed by atoms with Gasteiger partial charge in [-0.25, -0.2) is 18.3 Å². The van der Waals surface area contributed by atoms with Crippen LogP contribution in [0, 0.1) is 23.2 Å². The molecule has 7 rings (SSSR count). The summed E-state index contributed by atoms with van der Waals surface area (Å²) in [6, 6.07) is 3.14. The van der Waals surface area contributed by atoms with Crippen LogP contribution in [0.2, 0.25) is 0 Å². The summed E-state index contributed by atoms with van der Waals surface area (Å²) < 4.78 is 28.5. The van der Waals surface area contributed by atoms with Gasteiger partial charge in [0.1, 0.15) is 5.69 Å². The summed E-state index contributed by atoms with van der Waals surface area (Å²) in [5, 5.41) is 7.52. The molecule has 5 saturated carbocycles. The van der Waals surface area contributed by atoms with Crippen LogP contribution in [0.15, 0.2) is 12.1 Å². The van der Waals surface area contributed by atoms with Gasteiger partial charge in [-0.2, -0.15) is 5.10 Å². The highest BCUT2D eigenvalue weighted by Crippen LogP contribution is 2.61. The van der Waals surface area contributed by atoms with Crippen molar-refractivity contribution < 1.29 is 13.6 Å². The second-order valence-electron chi connectivity index (χ2n) is 10.7. The molecular formula is C24H30F2N4O. The van der Waals surface area contributed by atoms with Gasteiger partial charge >= 0.3 is 0 Å². The number of rotatable bonds is 6. The van der Waals surface area contributed by atoms with Crippen molar-refractivity contribution in [3.8, 4) is 0 Å². The molecule has 1 N–H and O–H groups in total. The molecule has 5 fully saturated rings. The Morgan fingerprint density at radius 1 is 1.16 bits per heavy atom. The molecule has 4 bridgehead atoms. The second kappa shape index (κ2) is 6.97. The van der Waals surface area contributed by atoms with E-state index >= 15 is 0 Å². The van der Waals surface area contributed by atoms with E-state index in [9.17, 15) is 13.6 Å². The minimum Gasteiger partial charge on any atom is -0.347 e. The molecule has 1 amide bonds. The Morgan fingerprint density at radius 2 is 1.81 bits per heavy atom. The molecule has 7 heteroatoms. The summed E-state index contributed by atoms with van der Waals surface area (Å²) in [7, 11) is 0. The standard InChI is InChI=1S/C24H30F2N4O/c1-2-20(24-10-13-5-14(11-24)7-15(6-13)12-24)28-23(31)18-9-21-27-17(16-3-4-16)8-19(22(25)26)30(21)29-18/h8-9,13-16,20,22H,2-7,10-12H2,1H3,(H,28,31)/t13?,14?,15?,20-,24?/m1/s1. The minimum absolute atomic E-state index is 0.114. The zero-order valence-corrected chi connectivity index (χ0v) is 18.0. The van der Waals surface area contributed by atoms with Gasteiger partial charge in [0.25, 0.3) is 12.3 Å². The third kappa shape index (κ3) is 3.26. The summed E-state index contributed by atoms with van der Waals surface area (Å²) in [5.74, 6) is 2.43. The van der Waals surface area contributed by atoms with E-state index < -0.39 is 6.43 Å². The first-order chi connectivity index (χ1) is 14.9. The van der Waals surface area contributed by atoms with Crippen LogP contribution in [0.25, 0.3) is 5.65 Å². The minimum atomic E-state index is -2.66. The van der Waals surface area contributed by atoms with Crippen LogP contribution >= 0.6 is 0 Å². The second-order valence-corrected chi connectivity index (χ2v) is 10.7. The van der Waals surface area contributed by atoms with Crippen molar-refractivity contribution in [2.45, 2.75) is 83.1 Å². The molecule has 31 heavy (non-hydrogen) atoms. The zero-order valence-electron chi connectivity index (χ0n) is 18.0. The van der Waals surface area contributed by atoms with E-state index in [1.165, 1.54) is 44.6 Å². The number of alkyl halides is 2. The van der Waals surface area contributed by atoms with Gasteiger partial charge in [0.2, 0.25) is 0 Å². The van der Waals surface area contributed by atoms with Crippen molar-refractivity contribution in [1.29, 1.82) is 0 Å². The summed E-state index contributed by atoms with van der Waals surface area (Å²) in [5.41, 5.74) is 1.23. The molecule has 0 spiro atoms. The third-order valence-corrected chi connectivity index (χ3v) is 8.46. The average molecular weight is 429 g/mol. The van der Waals surface area contributed by atoms with E-state index in [0.29, 0.717) is 11.3 Å². The van der Waals surface area contributed by atoms with Gasteiger partial charge in [0.05, 0.1) is 0 Å². The summed E-state index contributed by atoms with van der Waals surface area (Å²) in [4.78, 5) is 17.7. The van der Waals surface area contributed by atoms with Crippen molar-refractivity contribution in [3.63, 3.8) is 0 Å². The molecule has 5 nitrogen and oxygen atoms in total. The molecule has 0 unspecified atom stereocenters. The molecule has 2 aromatic heterocycles. The van der Waals surface area contributed by atoms with Gasteiger partial charge in [-0.15, -0.1) is 0 Å². The highest BCUT2D eigenvalue weighted by molar-refractivity contribution is 5.93. The molecule has 0 radical (unpaired) electrons. The van der Waals surface area contributed by atoms with E-state index in [-0.39, 0.29) is 34.7 Å². The number of aromatic nitrogens is 3. The molecule has 166 valence electrons. The highest BCUT2D eigenvalue weighted by Gasteiger charge is 2.54. The molecular weight excluding hydrogens is 398 g/mol. The highest BCUT2D eigenvalue weighted by atomic mass is 19.3. The lowest BCUT2D eigenvalue weighted by Crippen LogP contribution is -2.56. The Hall–Kier alpha value is -2.05. The van der Waals surface area contributed by atoms with Crippen molar-refractivity contribution in [1.82, 2.24) is 19.9 Å². The first kappa shape index (κ1) is 19.6. The van der Waals surface area contributed by atoms with Crippen LogP contribution in [-0.4, -0.2) is 26.5 Å². The van der Waals surface area contributed by atoms with Gasteiger partial charge in [0.15, 0.2) is 11.3 Å². The molecule has 2 heterocycles. The molecule has 0 saturated heterocycles. The van der Waals surface area contributed by atoms with Crippen LogP contribution in [0.3, 0.4) is 0 Å². The topological polar surface area (TPSA) is 59.3 Å². The van der Waals surface area contributed by atoms with E-state index in [0.717, 1.165) is 41.5 Å². The predicted octanol–water partition coefficient (Wildman–Crippen LogP) is 5.27. The van der Waals surface area contributed by atoms with Crippen LogP contribution in [0.5, 0.6) is 0 Å². The number of fused-ring (bicyclic) bond motifs is 1. The number of nitrogens with zero attached hydrogens (tertiary/aromatic N) is 3. The predicted molar refractivity (Wildman–Crippen MR) is 112 cm³/mol. The van der Waals surface area contributed by atoms with Gasteiger partial charge in [0, 0.05) is 23.7 Å². The molecule has 5 aliphatic carbocycles. The van der Waals surface area contributed by atoms with Crippen LogP contribution in [0.1, 0.15) is 98.9 Å². The fraction of sp³-hybridized carbons (Fsp3) is 0.708. The quantitative estimate of drug-likeness (QED) is 0.682. The Balaban J connectivity index is 1.28. The number of hydrogen-bond acceptors (Lipinski definition) is 3. The molecule has 1 atom stereocenters. The molecule has 2 aromatic rings. The van der Waals surface area contributed by atoms with Crippen molar-refractivity contribution in [2.24, 2.45) is 23.2 Å². The maximum atomic E-state index is 13.7. The van der Waals surface area contributed by atoms with E-state index in [4.69, 9.17) is 0 Å². The number of hydrogen-bond donors (Lipinski definition) is 1. The van der Waals surface area contributed by atoms with Gasteiger partial charge in [-0.3, -0.25) is 4.79 Å². The Labute approximate surface area is 181 Å². The van der Waals surface area contributed by atoms with Crippen molar-refractivity contribution >= 4 is 11.6 Å². The Kier molecular flexibility index (Phi) is 4.41. The maximum absolute atomic E-state index is 13.7. The van der Waals surface area contributed by atoms with Gasteiger partial charge in [-0.1, -0.05) is 6.92 Å². The number of amides is 1. The largest absolute Gasteiger partial charge is 0.347 e. The smallest absolute Gasteiger partial charge is 0.280 e. The lowest BCUT2D eigenvalue weighted by Gasteiger charge is -2.59. The number of halogens is 2. The number of nitrogens with one attached hydrogen (secondary N) is 1. The zero-order chi connectivity index (χ0) is 21.3. The lowest BCUT2D eigenvalue weighted by molar-refractivity contribution is -0.0727. The van der Waals surface area contributed by atoms with Gasteiger partial charge < -0.3 is 5.32 Å². The fourth-order valence-corrected chi connectivity index (χ4v) is 7.40. The molecule has 0 aromatic carbocycles. The Bertz CT molecular complexity index is 993. The fourth-order valence-electron chi connectivity index (χ4n) is 7.40. The Morgan fingerprint density at radius 3 is 2.35 bits per heavy atom. The molecule has 5 aliphatic rings. The monoisotopic (exact) mass is 428 g/mol. The van der Waals surface area contributed by atoms with E-state index in [1.54, 1.807) is 6.07 Å². The SMILES string of the molecule is CC[C@@H](NC(=O)c1cc2nc(C3CC3)cc(C(F)F)n2n1)C12CC3CC(CC(C3)C1)C2. The maximum Gasteiger partial charge on any atom is 0.280 e. The van der Waals surface area contributed by atoms with E-state index in [1.807, 2.05) is 0 Å². The summed E-state index contributed by atoms with van der Waals surface area (Å²) in [6.07, 6.45) is 7.92. The van der Waals surface area contributed by atoms with Crippen molar-refractivity contribution in [3.05, 3.63) is 29.2 Å². The van der Waals surface area contributed by atoms with Crippen molar-refractivity contribution in [2.75, 3.05) is 0 Å². The summed E-state index contributed by atoms with van der Waals surface area (Å²) >= 11 is 0. The number of carbonyl (C=O) groups excluding carboxylic acids is 1. The molecule has 0 aliphatic heterocycles. The lowest BCUT2D eigenvalue weighted by atomic mass is 9.47. The average Bonchev–Trinajstić information content (AvgIpc) is 3.48. The third-order valence-electron chi connectivity index (χ3n) is 8.46. The van der Waals surface area contributed by atoms with Gasteiger partial charge in [-0.05, 0) is 87.0 Å². The van der Waals surface area contributed by atoms with Crippen LogP contribution < -0.4 is 5.32 Å². The van der Waals surface area contributed by atoms with Crippen LogP contribution in [0.4, 0.5) is 8.78 Å². The number of carbonyl (C=O) groups is 1. The normalized spacial score (nSPS) is 32.7. The van der Waals surface area contributed by atoms with Crippen LogP contribution in [-0.2, 0) is 0 Å². The first-order valence-corrected chi connectivity index (χ1v) is 11.9.